The van der Waals surface area contributed by atoms with E-state index in [-0.39, 0.29) is 41.4 Å². The Hall–Kier alpha value is -2.44. The van der Waals surface area contributed by atoms with Gasteiger partial charge in [0, 0.05) is 55.6 Å². The SMILES string of the molecule is C[C@H]1CNC[C@H](CCc2c(F)cccc2NC(=O)[C@@H](N)[C@@H](c2ccc(F)cc2)C2CCOCC2)N1S(=O)(=O)C1CC1. The van der Waals surface area contributed by atoms with Crippen molar-refractivity contribution >= 4 is 21.6 Å². The van der Waals surface area contributed by atoms with E-state index in [1.54, 1.807) is 22.5 Å². The van der Waals surface area contributed by atoms with Crippen molar-refractivity contribution in [2.24, 2.45) is 11.7 Å². The summed E-state index contributed by atoms with van der Waals surface area (Å²) >= 11 is 0. The van der Waals surface area contributed by atoms with Gasteiger partial charge in [-0.2, -0.15) is 4.31 Å². The van der Waals surface area contributed by atoms with Crippen LogP contribution in [0.15, 0.2) is 42.5 Å². The number of rotatable bonds is 10. The van der Waals surface area contributed by atoms with E-state index in [1.807, 2.05) is 6.92 Å². The van der Waals surface area contributed by atoms with Gasteiger partial charge in [0.05, 0.1) is 11.3 Å². The first kappa shape index (κ1) is 30.0. The molecule has 1 saturated carbocycles. The number of nitrogens with one attached hydrogen (secondary N) is 2. The molecule has 1 aliphatic carbocycles. The Morgan fingerprint density at radius 1 is 1.10 bits per heavy atom. The second-order valence-corrected chi connectivity index (χ2v) is 13.7. The van der Waals surface area contributed by atoms with Crippen LogP contribution in [0.3, 0.4) is 0 Å². The maximum atomic E-state index is 15.2. The van der Waals surface area contributed by atoms with Gasteiger partial charge in [-0.05, 0) is 81.2 Å². The van der Waals surface area contributed by atoms with Crippen LogP contribution in [0.4, 0.5) is 14.5 Å². The molecule has 2 saturated heterocycles. The molecule has 0 aromatic heterocycles. The smallest absolute Gasteiger partial charge is 0.241 e. The zero-order chi connectivity index (χ0) is 29.1. The van der Waals surface area contributed by atoms with Crippen LogP contribution in [0, 0.1) is 17.6 Å². The van der Waals surface area contributed by atoms with Crippen LogP contribution in [0.1, 0.15) is 56.1 Å². The monoisotopic (exact) mass is 590 g/mol. The van der Waals surface area contributed by atoms with Gasteiger partial charge < -0.3 is 21.1 Å². The van der Waals surface area contributed by atoms with Gasteiger partial charge in [0.2, 0.25) is 15.9 Å². The van der Waals surface area contributed by atoms with E-state index < -0.39 is 27.8 Å². The number of ether oxygens (including phenoxy) is 1. The first-order valence-corrected chi connectivity index (χ1v) is 16.1. The van der Waals surface area contributed by atoms with Crippen molar-refractivity contribution in [3.05, 3.63) is 65.2 Å². The molecule has 5 rings (SSSR count). The molecule has 2 heterocycles. The lowest BCUT2D eigenvalue weighted by Gasteiger charge is -2.40. The van der Waals surface area contributed by atoms with Gasteiger partial charge in [0.15, 0.2) is 0 Å². The van der Waals surface area contributed by atoms with E-state index in [0.29, 0.717) is 56.8 Å². The lowest BCUT2D eigenvalue weighted by molar-refractivity contribution is -0.118. The van der Waals surface area contributed by atoms with Crippen LogP contribution >= 0.6 is 0 Å². The van der Waals surface area contributed by atoms with Crippen LogP contribution in [0.5, 0.6) is 0 Å². The maximum absolute atomic E-state index is 15.2. The van der Waals surface area contributed by atoms with E-state index >= 15 is 4.39 Å². The zero-order valence-corrected chi connectivity index (χ0v) is 24.2. The van der Waals surface area contributed by atoms with Crippen LogP contribution in [0.25, 0.3) is 0 Å². The third kappa shape index (κ3) is 6.80. The van der Waals surface area contributed by atoms with Crippen molar-refractivity contribution in [1.82, 2.24) is 9.62 Å². The number of hydrogen-bond donors (Lipinski definition) is 3. The standard InChI is InChI=1S/C30H40F2N4O4S/c1-19-17-34-18-23(36(19)41(38,39)24-10-11-24)9-12-25-26(32)3-2-4-27(25)35-30(37)29(33)28(21-13-15-40-16-14-21)20-5-7-22(31)8-6-20/h2-8,19,21,23-24,28-29,34H,9-18,33H2,1H3,(H,35,37)/t19-,23-,28-,29-/m0/s1. The highest BCUT2D eigenvalue weighted by molar-refractivity contribution is 7.90. The van der Waals surface area contributed by atoms with Crippen molar-refractivity contribution in [3.8, 4) is 0 Å². The minimum atomic E-state index is -3.41. The second-order valence-electron chi connectivity index (χ2n) is 11.6. The summed E-state index contributed by atoms with van der Waals surface area (Å²) in [6, 6.07) is 9.12. The molecule has 3 fully saturated rings. The van der Waals surface area contributed by atoms with Crippen LogP contribution in [0.2, 0.25) is 0 Å². The topological polar surface area (TPSA) is 114 Å². The Balaban J connectivity index is 1.33. The summed E-state index contributed by atoms with van der Waals surface area (Å²) in [5, 5.41) is 5.84. The highest BCUT2D eigenvalue weighted by Gasteiger charge is 2.45. The first-order chi connectivity index (χ1) is 19.7. The number of carbonyl (C=O) groups is 1. The summed E-state index contributed by atoms with van der Waals surface area (Å²) in [7, 11) is -3.41. The molecular formula is C30H40F2N4O4S. The molecule has 0 bridgehead atoms. The molecule has 8 nitrogen and oxygen atoms in total. The number of benzene rings is 2. The van der Waals surface area contributed by atoms with E-state index in [4.69, 9.17) is 10.5 Å². The molecule has 2 aliphatic heterocycles. The van der Waals surface area contributed by atoms with Crippen LogP contribution < -0.4 is 16.4 Å². The van der Waals surface area contributed by atoms with Gasteiger partial charge in [-0.3, -0.25) is 4.79 Å². The summed E-state index contributed by atoms with van der Waals surface area (Å²) < 4.78 is 62.4. The predicted octanol–water partition coefficient (Wildman–Crippen LogP) is 3.53. The number of carbonyl (C=O) groups excluding carboxylic acids is 1. The van der Waals surface area contributed by atoms with E-state index in [1.165, 1.54) is 24.3 Å². The molecule has 41 heavy (non-hydrogen) atoms. The lowest BCUT2D eigenvalue weighted by atomic mass is 9.76. The van der Waals surface area contributed by atoms with Crippen LogP contribution in [-0.4, -0.2) is 68.3 Å². The quantitative estimate of drug-likeness (QED) is 0.390. The van der Waals surface area contributed by atoms with Gasteiger partial charge in [-0.15, -0.1) is 0 Å². The Labute approximate surface area is 241 Å². The third-order valence-corrected chi connectivity index (χ3v) is 11.2. The molecule has 2 aromatic carbocycles. The number of amides is 1. The molecule has 11 heteroatoms. The molecule has 1 amide bonds. The minimum Gasteiger partial charge on any atom is -0.381 e. The third-order valence-electron chi connectivity index (χ3n) is 8.68. The van der Waals surface area contributed by atoms with E-state index in [2.05, 4.69) is 10.6 Å². The van der Waals surface area contributed by atoms with Gasteiger partial charge in [0.1, 0.15) is 11.6 Å². The summed E-state index contributed by atoms with van der Waals surface area (Å²) in [5.74, 6) is -1.59. The number of nitrogens with two attached hydrogens (primary N) is 1. The number of sulfonamides is 1. The molecule has 0 spiro atoms. The summed E-state index contributed by atoms with van der Waals surface area (Å²) in [6.45, 7) is 4.08. The Morgan fingerprint density at radius 3 is 2.49 bits per heavy atom. The van der Waals surface area contributed by atoms with Gasteiger partial charge in [-0.25, -0.2) is 17.2 Å². The molecule has 0 unspecified atom stereocenters. The highest BCUT2D eigenvalue weighted by Crippen LogP contribution is 2.36. The van der Waals surface area contributed by atoms with Crippen molar-refractivity contribution in [1.29, 1.82) is 0 Å². The van der Waals surface area contributed by atoms with Gasteiger partial charge in [0.25, 0.3) is 0 Å². The van der Waals surface area contributed by atoms with Gasteiger partial charge in [-0.1, -0.05) is 18.2 Å². The average molecular weight is 591 g/mol. The molecule has 4 atom stereocenters. The molecule has 0 radical (unpaired) electrons. The molecule has 4 N–H and O–H groups in total. The average Bonchev–Trinajstić information content (AvgIpc) is 3.81. The zero-order valence-electron chi connectivity index (χ0n) is 23.4. The van der Waals surface area contributed by atoms with Crippen molar-refractivity contribution in [2.45, 2.75) is 74.7 Å². The summed E-state index contributed by atoms with van der Waals surface area (Å²) in [6.07, 6.45) is 3.46. The summed E-state index contributed by atoms with van der Waals surface area (Å²) in [4.78, 5) is 13.6. The second kappa shape index (κ2) is 12.8. The molecule has 224 valence electrons. The highest BCUT2D eigenvalue weighted by atomic mass is 32.2. The minimum absolute atomic E-state index is 0.0714. The number of anilines is 1. The largest absolute Gasteiger partial charge is 0.381 e. The number of halogens is 2. The van der Waals surface area contributed by atoms with E-state index in [0.717, 1.165) is 18.4 Å². The first-order valence-electron chi connectivity index (χ1n) is 14.6. The normalized spacial score (nSPS) is 24.1. The van der Waals surface area contributed by atoms with Crippen LogP contribution in [-0.2, 0) is 26.0 Å². The summed E-state index contributed by atoms with van der Waals surface area (Å²) in [5.41, 5.74) is 8.00. The Bertz CT molecular complexity index is 1320. The predicted molar refractivity (Wildman–Crippen MR) is 154 cm³/mol. The Kier molecular flexibility index (Phi) is 9.40. The fraction of sp³-hybridized carbons (Fsp3) is 0.567. The molecule has 2 aromatic rings. The molecular weight excluding hydrogens is 550 g/mol. The number of piperazine rings is 1. The van der Waals surface area contributed by atoms with Crippen molar-refractivity contribution < 1.29 is 26.7 Å². The van der Waals surface area contributed by atoms with E-state index in [9.17, 15) is 17.6 Å². The fourth-order valence-corrected chi connectivity index (χ4v) is 8.62. The Morgan fingerprint density at radius 2 is 1.80 bits per heavy atom. The van der Waals surface area contributed by atoms with Crippen molar-refractivity contribution in [2.75, 3.05) is 31.6 Å². The molecule has 3 aliphatic rings. The number of nitrogens with zero attached hydrogens (tertiary/aromatic N) is 1. The van der Waals surface area contributed by atoms with Crippen molar-refractivity contribution in [3.63, 3.8) is 0 Å². The number of hydrogen-bond acceptors (Lipinski definition) is 6. The fourth-order valence-electron chi connectivity index (χ4n) is 6.38. The lowest BCUT2D eigenvalue weighted by Crippen LogP contribution is -2.59. The van der Waals surface area contributed by atoms with Gasteiger partial charge >= 0.3 is 0 Å². The maximum Gasteiger partial charge on any atom is 0.241 e.